The summed E-state index contributed by atoms with van der Waals surface area (Å²) in [6.07, 6.45) is 2.01. The van der Waals surface area contributed by atoms with Crippen LogP contribution in [0, 0.1) is 0 Å². The van der Waals surface area contributed by atoms with Crippen molar-refractivity contribution in [3.05, 3.63) is 54.0 Å². The minimum Gasteiger partial charge on any atom is -0.504 e. The molecule has 2 rings (SSSR count). The van der Waals surface area contributed by atoms with Gasteiger partial charge in [-0.25, -0.2) is 0 Å². The van der Waals surface area contributed by atoms with Crippen LogP contribution in [0.4, 0.5) is 0 Å². The van der Waals surface area contributed by atoms with E-state index in [0.29, 0.717) is 5.76 Å². The average Bonchev–Trinajstić information content (AvgIpc) is 2.99. The maximum atomic E-state index is 9.64. The smallest absolute Gasteiger partial charge is 0.145 e. The third kappa shape index (κ3) is 1.18. The van der Waals surface area contributed by atoms with Crippen LogP contribution in [0.3, 0.4) is 0 Å². The standard InChI is InChI=1S/C12H12O/c1-2-11(13)12(8-9-12)10-6-4-3-5-7-10/h3-7,13H,1,8-9H2. The molecule has 0 spiro atoms. The van der Waals surface area contributed by atoms with Crippen molar-refractivity contribution in [2.45, 2.75) is 18.3 Å². The molecule has 0 bridgehead atoms. The summed E-state index contributed by atoms with van der Waals surface area (Å²) in [6, 6.07) is 10.0. The van der Waals surface area contributed by atoms with Gasteiger partial charge in [-0.2, -0.15) is 0 Å². The molecule has 1 fully saturated rings. The highest BCUT2D eigenvalue weighted by Gasteiger charge is 2.48. The molecular formula is C12H12O. The molecule has 0 aliphatic heterocycles. The van der Waals surface area contributed by atoms with E-state index in [1.54, 1.807) is 0 Å². The van der Waals surface area contributed by atoms with Crippen LogP contribution in [0.5, 0.6) is 0 Å². The van der Waals surface area contributed by atoms with Gasteiger partial charge < -0.3 is 5.11 Å². The van der Waals surface area contributed by atoms with E-state index in [0.717, 1.165) is 12.8 Å². The van der Waals surface area contributed by atoms with Crippen molar-refractivity contribution in [2.75, 3.05) is 0 Å². The van der Waals surface area contributed by atoms with E-state index in [1.165, 1.54) is 5.56 Å². The van der Waals surface area contributed by atoms with Crippen LogP contribution in [0.25, 0.3) is 0 Å². The summed E-state index contributed by atoms with van der Waals surface area (Å²) >= 11 is 0. The molecule has 1 N–H and O–H groups in total. The van der Waals surface area contributed by atoms with Crippen molar-refractivity contribution in [1.82, 2.24) is 0 Å². The fourth-order valence-electron chi connectivity index (χ4n) is 1.71. The fraction of sp³-hybridized carbons (Fsp3) is 0.250. The maximum absolute atomic E-state index is 9.64. The van der Waals surface area contributed by atoms with Crippen molar-refractivity contribution in [3.8, 4) is 0 Å². The Morgan fingerprint density at radius 1 is 1.31 bits per heavy atom. The van der Waals surface area contributed by atoms with Gasteiger partial charge in [0.2, 0.25) is 0 Å². The predicted molar refractivity (Wildman–Crippen MR) is 52.6 cm³/mol. The number of hydrogen-bond donors (Lipinski definition) is 1. The van der Waals surface area contributed by atoms with Crippen LogP contribution in [0.15, 0.2) is 48.4 Å². The van der Waals surface area contributed by atoms with Gasteiger partial charge in [0.25, 0.3) is 0 Å². The first-order valence-corrected chi connectivity index (χ1v) is 4.44. The summed E-state index contributed by atoms with van der Waals surface area (Å²) in [5, 5.41) is 9.64. The summed E-state index contributed by atoms with van der Waals surface area (Å²) in [5.74, 6) is 0.290. The van der Waals surface area contributed by atoms with Gasteiger partial charge in [-0.05, 0) is 18.4 Å². The Morgan fingerprint density at radius 2 is 1.92 bits per heavy atom. The lowest BCUT2D eigenvalue weighted by atomic mass is 9.94. The Kier molecular flexibility index (Phi) is 1.75. The zero-order valence-corrected chi connectivity index (χ0v) is 7.46. The summed E-state index contributed by atoms with van der Waals surface area (Å²) < 4.78 is 0. The number of aliphatic hydroxyl groups excluding tert-OH is 1. The van der Waals surface area contributed by atoms with Crippen molar-refractivity contribution in [2.24, 2.45) is 0 Å². The molecule has 0 heterocycles. The van der Waals surface area contributed by atoms with Crippen LogP contribution in [0.2, 0.25) is 0 Å². The number of aliphatic hydroxyl groups is 1. The molecule has 0 unspecified atom stereocenters. The maximum Gasteiger partial charge on any atom is 0.145 e. The van der Waals surface area contributed by atoms with Crippen LogP contribution in [-0.4, -0.2) is 5.11 Å². The summed E-state index contributed by atoms with van der Waals surface area (Å²) in [6.45, 7) is 3.48. The summed E-state index contributed by atoms with van der Waals surface area (Å²) in [4.78, 5) is 0. The molecule has 0 saturated heterocycles. The molecule has 1 aliphatic rings. The van der Waals surface area contributed by atoms with Gasteiger partial charge in [-0.1, -0.05) is 42.6 Å². The lowest BCUT2D eigenvalue weighted by Crippen LogP contribution is -2.08. The monoisotopic (exact) mass is 172 g/mol. The van der Waals surface area contributed by atoms with Gasteiger partial charge in [0, 0.05) is 0 Å². The summed E-state index contributed by atoms with van der Waals surface area (Å²) in [5.41, 5.74) is 3.61. The lowest BCUT2D eigenvalue weighted by Gasteiger charge is -2.12. The van der Waals surface area contributed by atoms with E-state index in [9.17, 15) is 5.11 Å². The Hall–Kier alpha value is -1.46. The van der Waals surface area contributed by atoms with Crippen molar-refractivity contribution < 1.29 is 5.11 Å². The molecule has 1 aromatic rings. The number of rotatable bonds is 2. The third-order valence-corrected chi connectivity index (χ3v) is 2.70. The van der Waals surface area contributed by atoms with E-state index in [2.05, 4.69) is 12.3 Å². The molecule has 0 radical (unpaired) electrons. The first-order chi connectivity index (χ1) is 6.29. The Labute approximate surface area is 78.0 Å². The highest BCUT2D eigenvalue weighted by Crippen LogP contribution is 2.52. The zero-order valence-electron chi connectivity index (χ0n) is 7.46. The van der Waals surface area contributed by atoms with E-state index >= 15 is 0 Å². The SMILES string of the molecule is C=C=C(O)C1(c2ccccc2)CC1. The topological polar surface area (TPSA) is 20.2 Å². The van der Waals surface area contributed by atoms with Crippen LogP contribution in [0.1, 0.15) is 18.4 Å². The van der Waals surface area contributed by atoms with Crippen molar-refractivity contribution in [3.63, 3.8) is 0 Å². The van der Waals surface area contributed by atoms with Gasteiger partial charge in [0.05, 0.1) is 5.41 Å². The largest absolute Gasteiger partial charge is 0.504 e. The van der Waals surface area contributed by atoms with E-state index in [1.807, 2.05) is 30.3 Å². The fourth-order valence-corrected chi connectivity index (χ4v) is 1.71. The Morgan fingerprint density at radius 3 is 2.38 bits per heavy atom. The molecule has 1 aromatic carbocycles. The lowest BCUT2D eigenvalue weighted by molar-refractivity contribution is 0.360. The highest BCUT2D eigenvalue weighted by atomic mass is 16.3. The molecule has 66 valence electrons. The molecule has 13 heavy (non-hydrogen) atoms. The molecule has 1 heteroatoms. The third-order valence-electron chi connectivity index (χ3n) is 2.70. The van der Waals surface area contributed by atoms with Gasteiger partial charge in [-0.15, -0.1) is 0 Å². The molecule has 0 atom stereocenters. The molecule has 0 aromatic heterocycles. The quantitative estimate of drug-likeness (QED) is 0.537. The second-order valence-electron chi connectivity index (χ2n) is 3.47. The van der Waals surface area contributed by atoms with E-state index in [-0.39, 0.29) is 5.41 Å². The predicted octanol–water partition coefficient (Wildman–Crippen LogP) is 2.95. The summed E-state index contributed by atoms with van der Waals surface area (Å²) in [7, 11) is 0. The Balaban J connectivity index is 2.42. The zero-order chi connectivity index (χ0) is 9.31. The van der Waals surface area contributed by atoms with Crippen LogP contribution in [-0.2, 0) is 5.41 Å². The second kappa shape index (κ2) is 2.79. The van der Waals surface area contributed by atoms with Gasteiger partial charge in [-0.3, -0.25) is 0 Å². The second-order valence-corrected chi connectivity index (χ2v) is 3.47. The molecule has 1 saturated carbocycles. The van der Waals surface area contributed by atoms with Gasteiger partial charge in [0.1, 0.15) is 5.76 Å². The van der Waals surface area contributed by atoms with Crippen LogP contribution >= 0.6 is 0 Å². The average molecular weight is 172 g/mol. The highest BCUT2D eigenvalue weighted by molar-refractivity contribution is 5.39. The first kappa shape index (κ1) is 8.15. The van der Waals surface area contributed by atoms with Crippen LogP contribution < -0.4 is 0 Å². The number of allylic oxidation sites excluding steroid dienone is 1. The van der Waals surface area contributed by atoms with E-state index < -0.39 is 0 Å². The molecule has 1 nitrogen and oxygen atoms in total. The molecular weight excluding hydrogens is 160 g/mol. The van der Waals surface area contributed by atoms with Gasteiger partial charge >= 0.3 is 0 Å². The molecule has 0 amide bonds. The van der Waals surface area contributed by atoms with Gasteiger partial charge in [0.15, 0.2) is 0 Å². The normalized spacial score (nSPS) is 17.5. The number of hydrogen-bond acceptors (Lipinski definition) is 1. The van der Waals surface area contributed by atoms with Crippen molar-refractivity contribution >= 4 is 0 Å². The minimum absolute atomic E-state index is 0.150. The van der Waals surface area contributed by atoms with Crippen molar-refractivity contribution in [1.29, 1.82) is 0 Å². The van der Waals surface area contributed by atoms with E-state index in [4.69, 9.17) is 0 Å². The first-order valence-electron chi connectivity index (χ1n) is 4.44. The Bertz CT molecular complexity index is 354. The molecule has 1 aliphatic carbocycles. The minimum atomic E-state index is -0.150. The number of benzene rings is 1.